The van der Waals surface area contributed by atoms with Crippen LogP contribution in [-0.4, -0.2) is 50.9 Å². The molecule has 0 bridgehead atoms. The Balaban J connectivity index is 1.64. The van der Waals surface area contributed by atoms with Gasteiger partial charge in [0.15, 0.2) is 5.82 Å². The molecule has 0 saturated carbocycles. The Kier molecular flexibility index (Phi) is 4.94. The number of nitrogens with one attached hydrogen (secondary N) is 1. The Morgan fingerprint density at radius 2 is 2.33 bits per heavy atom. The van der Waals surface area contributed by atoms with Crippen molar-refractivity contribution in [3.05, 3.63) is 29.2 Å². The van der Waals surface area contributed by atoms with Gasteiger partial charge in [0.2, 0.25) is 11.8 Å². The fourth-order valence-corrected chi connectivity index (χ4v) is 2.80. The van der Waals surface area contributed by atoms with Gasteiger partial charge in [-0.05, 0) is 12.5 Å². The van der Waals surface area contributed by atoms with Crippen molar-refractivity contribution in [3.8, 4) is 0 Å². The number of carbonyl (C=O) groups excluding carboxylic acids is 1. The Labute approximate surface area is 140 Å². The number of aromatic amines is 1. The lowest BCUT2D eigenvalue weighted by molar-refractivity contribution is -0.140. The Bertz CT molecular complexity index is 693. The van der Waals surface area contributed by atoms with Crippen molar-refractivity contribution in [1.82, 2.24) is 25.2 Å². The normalized spacial score (nSPS) is 18.3. The highest BCUT2D eigenvalue weighted by atomic mass is 16.5. The first kappa shape index (κ1) is 16.6. The number of morpholine rings is 1. The summed E-state index contributed by atoms with van der Waals surface area (Å²) < 4.78 is 10.8. The van der Waals surface area contributed by atoms with Crippen LogP contribution >= 0.6 is 0 Å². The number of aryl methyl sites for hydroxylation is 2. The molecule has 1 fully saturated rings. The first-order chi connectivity index (χ1) is 11.6. The van der Waals surface area contributed by atoms with E-state index in [4.69, 9.17) is 9.26 Å². The number of carbonyl (C=O) groups is 1. The predicted molar refractivity (Wildman–Crippen MR) is 85.3 cm³/mol. The van der Waals surface area contributed by atoms with Gasteiger partial charge >= 0.3 is 0 Å². The Morgan fingerprint density at radius 1 is 1.50 bits per heavy atom. The van der Waals surface area contributed by atoms with Gasteiger partial charge in [0, 0.05) is 25.3 Å². The average molecular weight is 333 g/mol. The lowest BCUT2D eigenvalue weighted by atomic mass is 10.1. The zero-order valence-electron chi connectivity index (χ0n) is 14.3. The van der Waals surface area contributed by atoms with Gasteiger partial charge in [-0.3, -0.25) is 9.89 Å². The van der Waals surface area contributed by atoms with E-state index in [1.165, 1.54) is 0 Å². The number of aromatic nitrogens is 4. The largest absolute Gasteiger partial charge is 0.377 e. The van der Waals surface area contributed by atoms with Crippen LogP contribution in [-0.2, 0) is 16.0 Å². The van der Waals surface area contributed by atoms with E-state index in [2.05, 4.69) is 20.3 Å². The molecule has 130 valence electrons. The first-order valence-electron chi connectivity index (χ1n) is 8.25. The summed E-state index contributed by atoms with van der Waals surface area (Å²) in [5.41, 5.74) is 1.96. The average Bonchev–Trinajstić information content (AvgIpc) is 3.21. The fourth-order valence-electron chi connectivity index (χ4n) is 2.80. The van der Waals surface area contributed by atoms with E-state index in [0.717, 1.165) is 11.3 Å². The second-order valence-electron chi connectivity index (χ2n) is 6.35. The number of ether oxygens (including phenoxy) is 1. The topological polar surface area (TPSA) is 97.1 Å². The molecule has 1 atom stereocenters. The van der Waals surface area contributed by atoms with Crippen LogP contribution in [0, 0.1) is 6.92 Å². The molecule has 3 heterocycles. The van der Waals surface area contributed by atoms with Gasteiger partial charge < -0.3 is 14.2 Å². The third kappa shape index (κ3) is 3.48. The number of amides is 1. The summed E-state index contributed by atoms with van der Waals surface area (Å²) in [5, 5.41) is 11.0. The van der Waals surface area contributed by atoms with Crippen molar-refractivity contribution in [2.24, 2.45) is 0 Å². The van der Waals surface area contributed by atoms with E-state index in [0.29, 0.717) is 44.3 Å². The van der Waals surface area contributed by atoms with E-state index in [1.54, 1.807) is 6.20 Å². The molecule has 1 N–H and O–H groups in total. The molecular weight excluding hydrogens is 310 g/mol. The van der Waals surface area contributed by atoms with E-state index >= 15 is 0 Å². The minimum Gasteiger partial charge on any atom is -0.377 e. The molecule has 1 aliphatic heterocycles. The number of rotatable bonds is 5. The van der Waals surface area contributed by atoms with Crippen LogP contribution in [0.1, 0.15) is 55.2 Å². The van der Waals surface area contributed by atoms with Crippen molar-refractivity contribution < 1.29 is 14.1 Å². The molecule has 1 aliphatic rings. The van der Waals surface area contributed by atoms with Crippen LogP contribution in [0.25, 0.3) is 0 Å². The molecule has 1 amide bonds. The van der Waals surface area contributed by atoms with Crippen molar-refractivity contribution in [2.75, 3.05) is 19.8 Å². The lowest BCUT2D eigenvalue weighted by Crippen LogP contribution is -2.43. The van der Waals surface area contributed by atoms with Crippen molar-refractivity contribution in [3.63, 3.8) is 0 Å². The SMILES string of the molecule is Cc1cn[nH]c1[C@H]1COCCN1C(=O)CCc1nc(C(C)C)no1. The smallest absolute Gasteiger partial charge is 0.227 e. The maximum absolute atomic E-state index is 12.7. The molecule has 0 spiro atoms. The van der Waals surface area contributed by atoms with Gasteiger partial charge in [-0.15, -0.1) is 0 Å². The van der Waals surface area contributed by atoms with Crippen LogP contribution in [0.2, 0.25) is 0 Å². The molecule has 8 nitrogen and oxygen atoms in total. The molecule has 1 saturated heterocycles. The summed E-state index contributed by atoms with van der Waals surface area (Å²) in [4.78, 5) is 18.8. The van der Waals surface area contributed by atoms with Gasteiger partial charge in [0.05, 0.1) is 31.1 Å². The number of hydrogen-bond donors (Lipinski definition) is 1. The molecular formula is C16H23N5O3. The van der Waals surface area contributed by atoms with Gasteiger partial charge in [-0.1, -0.05) is 19.0 Å². The number of nitrogens with zero attached hydrogens (tertiary/aromatic N) is 4. The lowest BCUT2D eigenvalue weighted by Gasteiger charge is -2.35. The van der Waals surface area contributed by atoms with E-state index in [9.17, 15) is 4.79 Å². The fraction of sp³-hybridized carbons (Fsp3) is 0.625. The highest BCUT2D eigenvalue weighted by Crippen LogP contribution is 2.25. The van der Waals surface area contributed by atoms with Crippen molar-refractivity contribution in [1.29, 1.82) is 0 Å². The highest BCUT2D eigenvalue weighted by molar-refractivity contribution is 5.77. The van der Waals surface area contributed by atoms with Crippen molar-refractivity contribution in [2.45, 2.75) is 45.6 Å². The molecule has 0 aliphatic carbocycles. The highest BCUT2D eigenvalue weighted by Gasteiger charge is 2.30. The molecule has 8 heteroatoms. The quantitative estimate of drug-likeness (QED) is 0.895. The molecule has 24 heavy (non-hydrogen) atoms. The van der Waals surface area contributed by atoms with Gasteiger partial charge in [0.1, 0.15) is 0 Å². The molecule has 3 rings (SSSR count). The summed E-state index contributed by atoms with van der Waals surface area (Å²) >= 11 is 0. The second-order valence-corrected chi connectivity index (χ2v) is 6.35. The molecule has 0 aromatic carbocycles. The summed E-state index contributed by atoms with van der Waals surface area (Å²) in [6.45, 7) is 7.58. The number of hydrogen-bond acceptors (Lipinski definition) is 6. The van der Waals surface area contributed by atoms with Crippen molar-refractivity contribution >= 4 is 5.91 Å². The summed E-state index contributed by atoms with van der Waals surface area (Å²) in [6.07, 6.45) is 2.55. The summed E-state index contributed by atoms with van der Waals surface area (Å²) in [6, 6.07) is -0.123. The standard InChI is InChI=1S/C16H23N5O3/c1-10(2)16-18-13(24-20-16)4-5-14(22)21-6-7-23-9-12(21)15-11(3)8-17-19-15/h8,10,12H,4-7,9H2,1-3H3,(H,17,19)/t12-/m1/s1. The molecule has 2 aromatic heterocycles. The summed E-state index contributed by atoms with van der Waals surface area (Å²) in [7, 11) is 0. The van der Waals surface area contributed by atoms with Crippen LogP contribution in [0.15, 0.2) is 10.7 Å². The number of H-pyrrole nitrogens is 1. The molecule has 0 radical (unpaired) electrons. The minimum atomic E-state index is -0.123. The third-order valence-electron chi connectivity index (χ3n) is 4.20. The third-order valence-corrected chi connectivity index (χ3v) is 4.20. The predicted octanol–water partition coefficient (Wildman–Crippen LogP) is 1.76. The summed E-state index contributed by atoms with van der Waals surface area (Å²) in [5.74, 6) is 1.45. The Hall–Kier alpha value is -2.22. The van der Waals surface area contributed by atoms with Crippen LogP contribution in [0.5, 0.6) is 0 Å². The van der Waals surface area contributed by atoms with Gasteiger partial charge in [-0.2, -0.15) is 10.1 Å². The second kappa shape index (κ2) is 7.12. The van der Waals surface area contributed by atoms with E-state index < -0.39 is 0 Å². The maximum Gasteiger partial charge on any atom is 0.227 e. The van der Waals surface area contributed by atoms with Crippen LogP contribution < -0.4 is 0 Å². The van der Waals surface area contributed by atoms with E-state index in [1.807, 2.05) is 25.7 Å². The monoisotopic (exact) mass is 333 g/mol. The van der Waals surface area contributed by atoms with Crippen LogP contribution in [0.3, 0.4) is 0 Å². The molecule has 2 aromatic rings. The molecule has 0 unspecified atom stereocenters. The van der Waals surface area contributed by atoms with Gasteiger partial charge in [0.25, 0.3) is 0 Å². The Morgan fingerprint density at radius 3 is 3.00 bits per heavy atom. The van der Waals surface area contributed by atoms with Crippen LogP contribution in [0.4, 0.5) is 0 Å². The van der Waals surface area contributed by atoms with Gasteiger partial charge in [-0.25, -0.2) is 0 Å². The minimum absolute atomic E-state index is 0.0570. The maximum atomic E-state index is 12.7. The van der Waals surface area contributed by atoms with E-state index in [-0.39, 0.29) is 17.9 Å². The zero-order chi connectivity index (χ0) is 17.1. The first-order valence-corrected chi connectivity index (χ1v) is 8.25. The zero-order valence-corrected chi connectivity index (χ0v) is 14.3.